The van der Waals surface area contributed by atoms with Crippen LogP contribution in [0.15, 0.2) is 0 Å². The minimum absolute atomic E-state index is 0.130. The molecule has 0 aliphatic carbocycles. The van der Waals surface area contributed by atoms with Gasteiger partial charge in [-0.05, 0) is 20.1 Å². The Kier molecular flexibility index (Phi) is 6.05. The van der Waals surface area contributed by atoms with E-state index in [0.29, 0.717) is 6.42 Å². The van der Waals surface area contributed by atoms with E-state index in [1.54, 1.807) is 11.8 Å². The molecule has 0 aliphatic heterocycles. The number of hydrogen-bond acceptors (Lipinski definition) is 2. The molecule has 0 aliphatic rings. The molecule has 0 saturated heterocycles. The summed E-state index contributed by atoms with van der Waals surface area (Å²) in [6.45, 7) is 6.07. The normalized spacial score (nSPS) is 13.9. The summed E-state index contributed by atoms with van der Waals surface area (Å²) in [7, 11) is 0. The fourth-order valence-electron chi connectivity index (χ4n) is 0.716. The number of carbonyl (C=O) groups excluding carboxylic acids is 1. The maximum absolute atomic E-state index is 11.4. The minimum atomic E-state index is -0.171. The summed E-state index contributed by atoms with van der Waals surface area (Å²) in [5.41, 5.74) is -0.171. The van der Waals surface area contributed by atoms with E-state index in [4.69, 9.17) is 0 Å². The molecule has 2 nitrogen and oxygen atoms in total. The van der Waals surface area contributed by atoms with Crippen LogP contribution in [0.2, 0.25) is 0 Å². The van der Waals surface area contributed by atoms with Gasteiger partial charge in [-0.2, -0.15) is 11.8 Å². The lowest BCUT2D eigenvalue weighted by atomic mass is 10.0. The summed E-state index contributed by atoms with van der Waals surface area (Å²) in [5.74, 6) is 1.02. The molecule has 0 heterocycles. The van der Waals surface area contributed by atoms with E-state index in [-0.39, 0.29) is 16.3 Å². The smallest absolute Gasteiger partial charge is 0.221 e. The van der Waals surface area contributed by atoms with Crippen LogP contribution in [0.25, 0.3) is 0 Å². The van der Waals surface area contributed by atoms with E-state index in [1.807, 2.05) is 27.0 Å². The number of thioether (sulfide) groups is 1. The van der Waals surface area contributed by atoms with E-state index < -0.39 is 0 Å². The molecule has 0 fully saturated rings. The van der Waals surface area contributed by atoms with E-state index in [0.717, 1.165) is 5.75 Å². The van der Waals surface area contributed by atoms with Crippen LogP contribution in [0.3, 0.4) is 0 Å². The van der Waals surface area contributed by atoms with Gasteiger partial charge in [-0.3, -0.25) is 4.79 Å². The quantitative estimate of drug-likeness (QED) is 0.776. The van der Waals surface area contributed by atoms with Crippen molar-refractivity contribution in [2.75, 3.05) is 12.0 Å². The van der Waals surface area contributed by atoms with Crippen molar-refractivity contribution in [3.8, 4) is 0 Å². The first kappa shape index (κ1) is 13.3. The van der Waals surface area contributed by atoms with Crippen molar-refractivity contribution < 1.29 is 4.79 Å². The van der Waals surface area contributed by atoms with Crippen molar-refractivity contribution in [1.82, 2.24) is 5.32 Å². The molecular formula is C9H18BrNOS. The Morgan fingerprint density at radius 1 is 1.62 bits per heavy atom. The lowest BCUT2D eigenvalue weighted by Gasteiger charge is -2.29. The topological polar surface area (TPSA) is 29.1 Å². The second kappa shape index (κ2) is 5.91. The number of nitrogens with one attached hydrogen (secondary N) is 1. The zero-order valence-corrected chi connectivity index (χ0v) is 11.1. The molecule has 1 unspecified atom stereocenters. The Labute approximate surface area is 93.4 Å². The van der Waals surface area contributed by atoms with Crippen molar-refractivity contribution in [3.05, 3.63) is 0 Å². The number of amides is 1. The van der Waals surface area contributed by atoms with Crippen LogP contribution in [-0.2, 0) is 4.79 Å². The van der Waals surface area contributed by atoms with Crippen LogP contribution in [0.1, 0.15) is 27.2 Å². The molecule has 78 valence electrons. The maximum atomic E-state index is 11.4. The lowest BCUT2D eigenvalue weighted by molar-refractivity contribution is -0.122. The highest BCUT2D eigenvalue weighted by Crippen LogP contribution is 2.16. The number of halogens is 1. The molecule has 0 bridgehead atoms. The van der Waals surface area contributed by atoms with Crippen molar-refractivity contribution in [2.45, 2.75) is 37.6 Å². The van der Waals surface area contributed by atoms with E-state index >= 15 is 0 Å². The Bertz CT molecular complexity index is 171. The summed E-state index contributed by atoms with van der Waals surface area (Å²) < 4.78 is 0. The molecule has 1 N–H and O–H groups in total. The van der Waals surface area contributed by atoms with E-state index in [1.165, 1.54) is 0 Å². The maximum Gasteiger partial charge on any atom is 0.221 e. The van der Waals surface area contributed by atoms with Gasteiger partial charge < -0.3 is 5.32 Å². The van der Waals surface area contributed by atoms with Crippen molar-refractivity contribution in [1.29, 1.82) is 0 Å². The molecule has 4 heteroatoms. The highest BCUT2D eigenvalue weighted by molar-refractivity contribution is 9.09. The van der Waals surface area contributed by atoms with Crippen LogP contribution >= 0.6 is 27.7 Å². The fourth-order valence-corrected chi connectivity index (χ4v) is 1.22. The third-order valence-electron chi connectivity index (χ3n) is 1.99. The van der Waals surface area contributed by atoms with Gasteiger partial charge in [0, 0.05) is 22.5 Å². The highest BCUT2D eigenvalue weighted by Gasteiger charge is 2.25. The predicted octanol–water partition coefficient (Wildman–Crippen LogP) is 2.42. The van der Waals surface area contributed by atoms with Crippen LogP contribution < -0.4 is 5.32 Å². The van der Waals surface area contributed by atoms with Crippen molar-refractivity contribution >= 4 is 33.6 Å². The molecular weight excluding hydrogens is 250 g/mol. The molecule has 0 rings (SSSR count). The minimum Gasteiger partial charge on any atom is -0.350 e. The molecule has 0 spiro atoms. The molecule has 0 radical (unpaired) electrons. The third kappa shape index (κ3) is 5.57. The molecule has 0 aromatic carbocycles. The fraction of sp³-hybridized carbons (Fsp3) is 0.889. The van der Waals surface area contributed by atoms with E-state index in [2.05, 4.69) is 21.2 Å². The Hall–Kier alpha value is 0.300. The summed E-state index contributed by atoms with van der Waals surface area (Å²) >= 11 is 5.16. The van der Waals surface area contributed by atoms with Gasteiger partial charge in [0.1, 0.15) is 0 Å². The second-order valence-corrected chi connectivity index (χ2v) is 5.99. The Morgan fingerprint density at radius 3 is 2.54 bits per heavy atom. The number of alkyl halides is 1. The predicted molar refractivity (Wildman–Crippen MR) is 63.6 cm³/mol. The van der Waals surface area contributed by atoms with Crippen LogP contribution in [-0.4, -0.2) is 28.3 Å². The second-order valence-electron chi connectivity index (χ2n) is 3.63. The van der Waals surface area contributed by atoms with Gasteiger partial charge in [0.25, 0.3) is 0 Å². The molecule has 1 atom stereocenters. The Morgan fingerprint density at radius 2 is 2.15 bits per heavy atom. The number of hydrogen-bond donors (Lipinski definition) is 1. The van der Waals surface area contributed by atoms with Crippen LogP contribution in [0, 0.1) is 0 Å². The summed E-state index contributed by atoms with van der Waals surface area (Å²) in [4.78, 5) is 11.7. The average Bonchev–Trinajstić information content (AvgIpc) is 1.99. The van der Waals surface area contributed by atoms with Crippen molar-refractivity contribution in [3.63, 3.8) is 0 Å². The molecule has 13 heavy (non-hydrogen) atoms. The largest absolute Gasteiger partial charge is 0.350 e. The monoisotopic (exact) mass is 267 g/mol. The van der Waals surface area contributed by atoms with Gasteiger partial charge in [0.15, 0.2) is 0 Å². The standard InChI is InChI=1S/C9H18BrNOS/c1-7(10)9(2,3)11-8(12)5-6-13-4/h7H,5-6H2,1-4H3,(H,11,12). The number of rotatable bonds is 5. The van der Waals surface area contributed by atoms with Crippen LogP contribution in [0.4, 0.5) is 0 Å². The highest BCUT2D eigenvalue weighted by atomic mass is 79.9. The average molecular weight is 268 g/mol. The summed E-state index contributed by atoms with van der Waals surface area (Å²) in [6.07, 6.45) is 2.61. The van der Waals surface area contributed by atoms with Gasteiger partial charge in [-0.25, -0.2) is 0 Å². The third-order valence-corrected chi connectivity index (χ3v) is 3.75. The zero-order valence-electron chi connectivity index (χ0n) is 8.69. The molecule has 0 aromatic rings. The van der Waals surface area contributed by atoms with Crippen molar-refractivity contribution in [2.24, 2.45) is 0 Å². The van der Waals surface area contributed by atoms with Gasteiger partial charge in [-0.1, -0.05) is 22.9 Å². The Balaban J connectivity index is 3.90. The molecule has 0 saturated carbocycles. The van der Waals surface area contributed by atoms with Gasteiger partial charge in [-0.15, -0.1) is 0 Å². The SMILES string of the molecule is CSCCC(=O)NC(C)(C)C(C)Br. The zero-order chi connectivity index (χ0) is 10.5. The van der Waals surface area contributed by atoms with Gasteiger partial charge >= 0.3 is 0 Å². The summed E-state index contributed by atoms with van der Waals surface area (Å²) in [6, 6.07) is 0. The van der Waals surface area contributed by atoms with Gasteiger partial charge in [0.2, 0.25) is 5.91 Å². The number of carbonyl (C=O) groups is 1. The lowest BCUT2D eigenvalue weighted by Crippen LogP contribution is -2.48. The first-order valence-electron chi connectivity index (χ1n) is 4.34. The summed E-state index contributed by atoms with van der Waals surface area (Å²) in [5, 5.41) is 2.99. The van der Waals surface area contributed by atoms with Gasteiger partial charge in [0.05, 0.1) is 0 Å². The first-order chi connectivity index (χ1) is 5.90. The van der Waals surface area contributed by atoms with Crippen LogP contribution in [0.5, 0.6) is 0 Å². The molecule has 1 amide bonds. The van der Waals surface area contributed by atoms with E-state index in [9.17, 15) is 4.79 Å². The first-order valence-corrected chi connectivity index (χ1v) is 6.65. The molecule has 0 aromatic heterocycles.